The Morgan fingerprint density at radius 2 is 1.97 bits per heavy atom. The zero-order valence-electron chi connectivity index (χ0n) is 16.9. The largest absolute Gasteiger partial charge is 0.328 e. The molecule has 2 aromatic rings. The normalized spacial score (nSPS) is 23.3. The maximum absolute atomic E-state index is 12.3. The van der Waals surface area contributed by atoms with E-state index in [-0.39, 0.29) is 11.9 Å². The van der Waals surface area contributed by atoms with E-state index < -0.39 is 0 Å². The number of piperidine rings is 1. The number of urea groups is 1. The lowest BCUT2D eigenvalue weighted by molar-refractivity contribution is -0.120. The predicted molar refractivity (Wildman–Crippen MR) is 111 cm³/mol. The highest BCUT2D eigenvalue weighted by atomic mass is 16.2. The third-order valence-corrected chi connectivity index (χ3v) is 6.57. The molecule has 0 spiro atoms. The van der Waals surface area contributed by atoms with E-state index in [1.807, 2.05) is 18.3 Å². The van der Waals surface area contributed by atoms with Gasteiger partial charge in [0.05, 0.1) is 23.4 Å². The summed E-state index contributed by atoms with van der Waals surface area (Å²) in [5.74, 6) is -0.215. The quantitative estimate of drug-likeness (QED) is 0.823. The Morgan fingerprint density at radius 1 is 1.17 bits per heavy atom. The van der Waals surface area contributed by atoms with Crippen molar-refractivity contribution >= 4 is 28.5 Å². The first-order valence-electron chi connectivity index (χ1n) is 10.5. The van der Waals surface area contributed by atoms with Gasteiger partial charge in [-0.2, -0.15) is 5.10 Å². The highest BCUT2D eigenvalue weighted by Gasteiger charge is 2.35. The van der Waals surface area contributed by atoms with E-state index in [1.165, 1.54) is 6.54 Å². The molecule has 3 aliphatic rings. The number of anilines is 1. The summed E-state index contributed by atoms with van der Waals surface area (Å²) in [6.07, 6.45) is 4.36. The number of carbonyl (C=O) groups excluding carboxylic acids is 2. The van der Waals surface area contributed by atoms with Crippen molar-refractivity contribution in [1.29, 1.82) is 0 Å². The molecule has 0 radical (unpaired) electrons. The summed E-state index contributed by atoms with van der Waals surface area (Å²) in [7, 11) is 0. The van der Waals surface area contributed by atoms with E-state index in [0.29, 0.717) is 24.4 Å². The van der Waals surface area contributed by atoms with Gasteiger partial charge >= 0.3 is 6.03 Å². The van der Waals surface area contributed by atoms with Gasteiger partial charge in [0.15, 0.2) is 0 Å². The molecule has 3 amide bonds. The molecule has 0 saturated carbocycles. The summed E-state index contributed by atoms with van der Waals surface area (Å²) in [5, 5.41) is 11.5. The van der Waals surface area contributed by atoms with Crippen molar-refractivity contribution in [2.24, 2.45) is 5.41 Å². The summed E-state index contributed by atoms with van der Waals surface area (Å²) >= 11 is 0. The lowest BCUT2D eigenvalue weighted by atomic mass is 9.83. The number of imide groups is 1. The first-order chi connectivity index (χ1) is 14.0. The van der Waals surface area contributed by atoms with Crippen LogP contribution in [0, 0.1) is 5.41 Å². The molecule has 3 aliphatic heterocycles. The van der Waals surface area contributed by atoms with Crippen LogP contribution in [0.1, 0.15) is 32.2 Å². The van der Waals surface area contributed by atoms with Crippen molar-refractivity contribution in [3.63, 3.8) is 0 Å². The van der Waals surface area contributed by atoms with Crippen LogP contribution in [0.2, 0.25) is 0 Å². The second-order valence-corrected chi connectivity index (χ2v) is 8.98. The van der Waals surface area contributed by atoms with Crippen molar-refractivity contribution in [3.8, 4) is 0 Å². The minimum Gasteiger partial charge on any atom is -0.315 e. The van der Waals surface area contributed by atoms with Gasteiger partial charge in [-0.3, -0.25) is 19.7 Å². The van der Waals surface area contributed by atoms with Crippen LogP contribution in [0.5, 0.6) is 0 Å². The van der Waals surface area contributed by atoms with Gasteiger partial charge < -0.3 is 10.2 Å². The van der Waals surface area contributed by atoms with E-state index in [1.54, 1.807) is 4.90 Å². The number of fused-ring (bicyclic) bond motifs is 1. The van der Waals surface area contributed by atoms with Crippen LogP contribution in [0.3, 0.4) is 0 Å². The van der Waals surface area contributed by atoms with Crippen molar-refractivity contribution in [2.75, 3.05) is 44.2 Å². The van der Waals surface area contributed by atoms with Crippen LogP contribution < -0.4 is 15.5 Å². The fourth-order valence-corrected chi connectivity index (χ4v) is 4.90. The number of aromatic nitrogens is 2. The smallest absolute Gasteiger partial charge is 0.315 e. The van der Waals surface area contributed by atoms with Crippen LogP contribution >= 0.6 is 0 Å². The first-order valence-corrected chi connectivity index (χ1v) is 10.5. The topological polar surface area (TPSA) is 82.5 Å². The van der Waals surface area contributed by atoms with Gasteiger partial charge in [-0.1, -0.05) is 13.0 Å². The van der Waals surface area contributed by atoms with Gasteiger partial charge in [0, 0.05) is 56.5 Å². The number of hydrogen-bond acceptors (Lipinski definition) is 5. The summed E-state index contributed by atoms with van der Waals surface area (Å²) in [6, 6.07) is 6.00. The molecular formula is C21H28N6O2. The number of hydrogen-bond donors (Lipinski definition) is 2. The number of rotatable bonds is 4. The molecule has 5 rings (SSSR count). The SMILES string of the molecule is CC1(CN2CCC(n3ncc4c(N5CCC(=O)NC5=O)cccc43)CC2)CNC1. The molecule has 0 bridgehead atoms. The molecule has 0 unspecified atom stereocenters. The molecule has 1 aromatic carbocycles. The van der Waals surface area contributed by atoms with Gasteiger partial charge in [-0.05, 0) is 25.0 Å². The van der Waals surface area contributed by atoms with Crippen LogP contribution in [-0.2, 0) is 4.79 Å². The highest BCUT2D eigenvalue weighted by Crippen LogP contribution is 2.33. The number of nitrogens with one attached hydrogen (secondary N) is 2. The van der Waals surface area contributed by atoms with E-state index in [0.717, 1.165) is 55.6 Å². The van der Waals surface area contributed by atoms with Gasteiger partial charge in [0.1, 0.15) is 0 Å². The summed E-state index contributed by atoms with van der Waals surface area (Å²) in [4.78, 5) is 28.0. The fourth-order valence-electron chi connectivity index (χ4n) is 4.90. The Hall–Kier alpha value is -2.45. The first kappa shape index (κ1) is 18.6. The third-order valence-electron chi connectivity index (χ3n) is 6.57. The van der Waals surface area contributed by atoms with Crippen LogP contribution in [0.4, 0.5) is 10.5 Å². The molecule has 0 atom stereocenters. The average molecular weight is 396 g/mol. The van der Waals surface area contributed by atoms with Crippen molar-refractivity contribution in [2.45, 2.75) is 32.2 Å². The molecule has 2 N–H and O–H groups in total. The van der Waals surface area contributed by atoms with Gasteiger partial charge in [0.25, 0.3) is 0 Å². The van der Waals surface area contributed by atoms with Gasteiger partial charge in [-0.25, -0.2) is 4.79 Å². The van der Waals surface area contributed by atoms with E-state index in [2.05, 4.69) is 33.2 Å². The standard InChI is InChI=1S/C21H28N6O2/c1-21(12-22-13-21)14-25-8-5-15(6-9-25)27-18-4-2-3-17(16(18)11-23-27)26-10-7-19(28)24-20(26)29/h2-4,11,15,22H,5-10,12-14H2,1H3,(H,24,28,29). The molecule has 8 nitrogen and oxygen atoms in total. The molecule has 0 aliphatic carbocycles. The number of benzene rings is 1. The van der Waals surface area contributed by atoms with Crippen molar-refractivity contribution < 1.29 is 9.59 Å². The summed E-state index contributed by atoms with van der Waals surface area (Å²) in [5.41, 5.74) is 2.30. The Balaban J connectivity index is 1.33. The van der Waals surface area contributed by atoms with Crippen molar-refractivity contribution in [3.05, 3.63) is 24.4 Å². The third kappa shape index (κ3) is 3.40. The predicted octanol–water partition coefficient (Wildman–Crippen LogP) is 1.73. The second-order valence-electron chi connectivity index (χ2n) is 8.98. The Labute approximate surface area is 170 Å². The number of nitrogens with zero attached hydrogens (tertiary/aromatic N) is 4. The number of carbonyl (C=O) groups is 2. The zero-order valence-corrected chi connectivity index (χ0v) is 16.9. The summed E-state index contributed by atoms with van der Waals surface area (Å²) in [6.45, 7) is 8.36. The molecule has 154 valence electrons. The van der Waals surface area contributed by atoms with E-state index >= 15 is 0 Å². The van der Waals surface area contributed by atoms with Crippen LogP contribution in [0.25, 0.3) is 10.9 Å². The lowest BCUT2D eigenvalue weighted by Gasteiger charge is -2.44. The maximum Gasteiger partial charge on any atom is 0.328 e. The maximum atomic E-state index is 12.3. The fraction of sp³-hybridized carbons (Fsp3) is 0.571. The minimum absolute atomic E-state index is 0.215. The molecule has 3 saturated heterocycles. The highest BCUT2D eigenvalue weighted by molar-refractivity contribution is 6.09. The summed E-state index contributed by atoms with van der Waals surface area (Å²) < 4.78 is 2.13. The van der Waals surface area contributed by atoms with E-state index in [9.17, 15) is 9.59 Å². The van der Waals surface area contributed by atoms with Crippen molar-refractivity contribution in [1.82, 2.24) is 25.3 Å². The monoisotopic (exact) mass is 396 g/mol. The molecule has 4 heterocycles. The van der Waals surface area contributed by atoms with Crippen LogP contribution in [-0.4, -0.2) is 65.9 Å². The Morgan fingerprint density at radius 3 is 2.66 bits per heavy atom. The number of likely N-dealkylation sites (tertiary alicyclic amines) is 1. The second kappa shape index (κ2) is 7.11. The molecule has 3 fully saturated rings. The minimum atomic E-state index is -0.353. The average Bonchev–Trinajstić information content (AvgIpc) is 3.12. The van der Waals surface area contributed by atoms with Gasteiger partial charge in [-0.15, -0.1) is 0 Å². The van der Waals surface area contributed by atoms with Crippen LogP contribution in [0.15, 0.2) is 24.4 Å². The van der Waals surface area contributed by atoms with Gasteiger partial charge in [0.2, 0.25) is 5.91 Å². The molecule has 29 heavy (non-hydrogen) atoms. The molecular weight excluding hydrogens is 368 g/mol. The lowest BCUT2D eigenvalue weighted by Crippen LogP contribution is -2.57. The van der Waals surface area contributed by atoms with E-state index in [4.69, 9.17) is 5.10 Å². The Kier molecular flexibility index (Phi) is 4.55. The zero-order chi connectivity index (χ0) is 20.0. The number of amides is 3. The Bertz CT molecular complexity index is 942. The molecule has 1 aromatic heterocycles. The molecule has 8 heteroatoms.